The topological polar surface area (TPSA) is 118 Å². The van der Waals surface area contributed by atoms with Crippen molar-refractivity contribution in [3.05, 3.63) is 65.9 Å². The van der Waals surface area contributed by atoms with Crippen LogP contribution in [0.5, 0.6) is 0 Å². The molecule has 0 fully saturated rings. The lowest BCUT2D eigenvalue weighted by Gasteiger charge is -2.03. The number of carbonyl (C=O) groups is 2. The Kier molecular flexibility index (Phi) is 4.89. The number of hydrogen-bond acceptors (Lipinski definition) is 6. The normalized spacial score (nSPS) is 15.8. The molecule has 3 aromatic rings. The number of carbonyl (C=O) groups excluding carboxylic acids is 2. The summed E-state index contributed by atoms with van der Waals surface area (Å²) in [4.78, 5) is 31.6. The summed E-state index contributed by atoms with van der Waals surface area (Å²) in [7, 11) is -3.61. The number of fused-ring (bicyclic) bond motifs is 2. The molecule has 0 aliphatic carbocycles. The highest BCUT2D eigenvalue weighted by molar-refractivity contribution is 7.90. The fraction of sp³-hybridized carbons (Fsp3) is 0.150. The molecule has 0 radical (unpaired) electrons. The van der Waals surface area contributed by atoms with Crippen molar-refractivity contribution in [2.24, 2.45) is 4.99 Å². The molecule has 0 unspecified atom stereocenters. The van der Waals surface area contributed by atoms with Gasteiger partial charge >= 0.3 is 5.97 Å². The number of Topliss-reactive ketones (excluding diaryl/α,β-unsaturated/α-hetero) is 1. The van der Waals surface area contributed by atoms with Gasteiger partial charge in [-0.15, -0.1) is 0 Å². The fourth-order valence-electron chi connectivity index (χ4n) is 3.11. The highest BCUT2D eigenvalue weighted by Gasteiger charge is 2.30. The number of H-pyrrole nitrogens is 1. The van der Waals surface area contributed by atoms with Crippen LogP contribution < -0.4 is 4.72 Å². The maximum atomic E-state index is 12.3. The Hall–Kier alpha value is -3.46. The zero-order chi connectivity index (χ0) is 20.4. The maximum absolute atomic E-state index is 12.3. The van der Waals surface area contributed by atoms with Crippen LogP contribution >= 0.6 is 0 Å². The lowest BCUT2D eigenvalue weighted by Crippen LogP contribution is -2.22. The van der Waals surface area contributed by atoms with Gasteiger partial charge in [-0.3, -0.25) is 19.3 Å². The second-order valence-electron chi connectivity index (χ2n) is 6.41. The zero-order valence-electron chi connectivity index (χ0n) is 15.2. The molecule has 0 saturated carbocycles. The zero-order valence-corrected chi connectivity index (χ0v) is 16.0. The van der Waals surface area contributed by atoms with Crippen LogP contribution in [0.15, 0.2) is 64.6 Å². The minimum absolute atomic E-state index is 0.0340. The van der Waals surface area contributed by atoms with Gasteiger partial charge in [-0.2, -0.15) is 0 Å². The number of nitrogens with one attached hydrogen (secondary N) is 2. The standard InChI is InChI=1S/C20H17N3O5S/c24-17(15-11-22-16-7-3-1-5-13(15)16)12-28-19(25)9-10-21-20-14-6-2-4-8-18(14)29(26,27)23-20/h1-8,11,22H,9-10,12H2,(H,21,23). The van der Waals surface area contributed by atoms with Crippen molar-refractivity contribution >= 4 is 38.5 Å². The van der Waals surface area contributed by atoms with Crippen molar-refractivity contribution in [3.63, 3.8) is 0 Å². The molecule has 0 saturated heterocycles. The number of esters is 1. The number of hydrogen-bond donors (Lipinski definition) is 2. The van der Waals surface area contributed by atoms with Gasteiger partial charge in [0.25, 0.3) is 10.0 Å². The predicted molar refractivity (Wildman–Crippen MR) is 106 cm³/mol. The minimum atomic E-state index is -3.61. The molecule has 1 aliphatic heterocycles. The van der Waals surface area contributed by atoms with E-state index < -0.39 is 16.0 Å². The molecule has 29 heavy (non-hydrogen) atoms. The van der Waals surface area contributed by atoms with Crippen LogP contribution in [0.25, 0.3) is 10.9 Å². The summed E-state index contributed by atoms with van der Waals surface area (Å²) in [5, 5.41) is 0.770. The fourth-order valence-corrected chi connectivity index (χ4v) is 4.36. The van der Waals surface area contributed by atoms with Crippen LogP contribution in [0, 0.1) is 0 Å². The number of ether oxygens (including phenoxy) is 1. The van der Waals surface area contributed by atoms with Gasteiger partial charge in [-0.1, -0.05) is 30.3 Å². The number of aromatic amines is 1. The second-order valence-corrected chi connectivity index (χ2v) is 8.06. The highest BCUT2D eigenvalue weighted by atomic mass is 32.2. The third kappa shape index (κ3) is 3.77. The van der Waals surface area contributed by atoms with E-state index >= 15 is 0 Å². The Morgan fingerprint density at radius 1 is 1.03 bits per heavy atom. The lowest BCUT2D eigenvalue weighted by atomic mass is 10.1. The molecule has 2 heterocycles. The summed E-state index contributed by atoms with van der Waals surface area (Å²) in [6, 6.07) is 13.8. The van der Waals surface area contributed by atoms with Gasteiger partial charge in [0.2, 0.25) is 5.78 Å². The quantitative estimate of drug-likeness (QED) is 0.475. The molecule has 0 spiro atoms. The number of rotatable bonds is 6. The molecule has 1 aliphatic rings. The number of ketones is 1. The Balaban J connectivity index is 1.33. The molecule has 148 valence electrons. The van der Waals surface area contributed by atoms with Crippen molar-refractivity contribution in [1.82, 2.24) is 9.71 Å². The van der Waals surface area contributed by atoms with E-state index in [1.807, 2.05) is 24.3 Å². The first-order valence-electron chi connectivity index (χ1n) is 8.87. The number of nitrogens with zero attached hydrogens (tertiary/aromatic N) is 1. The smallest absolute Gasteiger partial charge is 0.308 e. The molecular weight excluding hydrogens is 394 g/mol. The van der Waals surface area contributed by atoms with Gasteiger partial charge in [0.15, 0.2) is 6.61 Å². The van der Waals surface area contributed by atoms with Gasteiger partial charge in [0, 0.05) is 28.2 Å². The summed E-state index contributed by atoms with van der Waals surface area (Å²) in [5.74, 6) is -0.695. The van der Waals surface area contributed by atoms with E-state index in [4.69, 9.17) is 4.74 Å². The molecule has 4 rings (SSSR count). The van der Waals surface area contributed by atoms with E-state index in [-0.39, 0.29) is 36.1 Å². The SMILES string of the molecule is O=C(CCN=C1NS(=O)(=O)c2ccccc21)OCC(=O)c1c[nH]c2ccccc12. The first-order valence-corrected chi connectivity index (χ1v) is 10.4. The average molecular weight is 411 g/mol. The van der Waals surface area contributed by atoms with Crippen LogP contribution in [0.3, 0.4) is 0 Å². The predicted octanol–water partition coefficient (Wildman–Crippen LogP) is 2.02. The molecule has 2 N–H and O–H groups in total. The molecule has 1 aromatic heterocycles. The van der Waals surface area contributed by atoms with E-state index in [2.05, 4.69) is 14.7 Å². The lowest BCUT2D eigenvalue weighted by molar-refractivity contribution is -0.142. The van der Waals surface area contributed by atoms with Gasteiger partial charge in [-0.05, 0) is 18.2 Å². The van der Waals surface area contributed by atoms with Crippen molar-refractivity contribution in [2.45, 2.75) is 11.3 Å². The number of para-hydroxylation sites is 1. The first kappa shape index (κ1) is 18.9. The van der Waals surface area contributed by atoms with Crippen LogP contribution in [0.4, 0.5) is 0 Å². The van der Waals surface area contributed by atoms with Crippen molar-refractivity contribution in [2.75, 3.05) is 13.2 Å². The Morgan fingerprint density at radius 3 is 2.66 bits per heavy atom. The molecule has 2 aromatic carbocycles. The molecule has 0 atom stereocenters. The van der Waals surface area contributed by atoms with E-state index in [0.29, 0.717) is 11.1 Å². The van der Waals surface area contributed by atoms with E-state index in [0.717, 1.165) is 10.9 Å². The van der Waals surface area contributed by atoms with Gasteiger partial charge in [-0.25, -0.2) is 8.42 Å². The number of aliphatic imine (C=N–C) groups is 1. The molecule has 0 bridgehead atoms. The third-order valence-corrected chi connectivity index (χ3v) is 5.90. The van der Waals surface area contributed by atoms with Crippen molar-refractivity contribution < 1.29 is 22.7 Å². The Labute approximate surface area is 166 Å². The maximum Gasteiger partial charge on any atom is 0.308 e. The molecule has 9 heteroatoms. The summed E-state index contributed by atoms with van der Waals surface area (Å²) < 4.78 is 31.4. The van der Waals surface area contributed by atoms with Gasteiger partial charge < -0.3 is 9.72 Å². The number of sulfonamides is 1. The van der Waals surface area contributed by atoms with E-state index in [1.165, 1.54) is 6.07 Å². The number of amidine groups is 1. The van der Waals surface area contributed by atoms with Crippen LogP contribution in [-0.2, 0) is 19.6 Å². The third-order valence-electron chi connectivity index (χ3n) is 4.50. The van der Waals surface area contributed by atoms with E-state index in [9.17, 15) is 18.0 Å². The monoisotopic (exact) mass is 411 g/mol. The van der Waals surface area contributed by atoms with Crippen LogP contribution in [0.2, 0.25) is 0 Å². The summed E-state index contributed by atoms with van der Waals surface area (Å²) >= 11 is 0. The molecule has 0 amide bonds. The molecular formula is C20H17N3O5S. The average Bonchev–Trinajstić information content (AvgIpc) is 3.25. The summed E-state index contributed by atoms with van der Waals surface area (Å²) in [6.45, 7) is -0.334. The van der Waals surface area contributed by atoms with Gasteiger partial charge in [0.1, 0.15) is 5.84 Å². The highest BCUT2D eigenvalue weighted by Crippen LogP contribution is 2.22. The summed E-state index contributed by atoms with van der Waals surface area (Å²) in [6.07, 6.45) is 1.52. The Morgan fingerprint density at radius 2 is 1.79 bits per heavy atom. The van der Waals surface area contributed by atoms with E-state index in [1.54, 1.807) is 24.4 Å². The first-order chi connectivity index (χ1) is 14.0. The molecule has 8 nitrogen and oxygen atoms in total. The summed E-state index contributed by atoms with van der Waals surface area (Å²) in [5.41, 5.74) is 1.76. The second kappa shape index (κ2) is 7.51. The van der Waals surface area contributed by atoms with Gasteiger partial charge in [0.05, 0.1) is 17.9 Å². The largest absolute Gasteiger partial charge is 0.457 e. The Bertz CT molecular complexity index is 1240. The van der Waals surface area contributed by atoms with Crippen LogP contribution in [-0.4, -0.2) is 44.1 Å². The number of aromatic nitrogens is 1. The van der Waals surface area contributed by atoms with Crippen molar-refractivity contribution in [1.29, 1.82) is 0 Å². The number of benzene rings is 2. The van der Waals surface area contributed by atoms with Crippen molar-refractivity contribution in [3.8, 4) is 0 Å². The van der Waals surface area contributed by atoms with Crippen LogP contribution in [0.1, 0.15) is 22.3 Å². The minimum Gasteiger partial charge on any atom is -0.457 e.